The minimum atomic E-state index is -0.951. The molecule has 204 valence electrons. The Bertz CT molecular complexity index is 1420. The smallest absolute Gasteiger partial charge is 0.333 e. The minimum absolute atomic E-state index is 0.0225. The van der Waals surface area contributed by atoms with Crippen LogP contribution in [0, 0.1) is 18.7 Å². The fourth-order valence-corrected chi connectivity index (χ4v) is 4.39. The first-order valence-corrected chi connectivity index (χ1v) is 12.1. The van der Waals surface area contributed by atoms with E-state index in [0.717, 1.165) is 4.57 Å². The molecule has 1 fully saturated rings. The number of halogens is 1. The first kappa shape index (κ1) is 27.3. The van der Waals surface area contributed by atoms with Crippen molar-refractivity contribution < 1.29 is 24.1 Å². The molecule has 0 aliphatic carbocycles. The lowest BCUT2D eigenvalue weighted by molar-refractivity contribution is -0.126. The fourth-order valence-electron chi connectivity index (χ4n) is 4.39. The molecule has 3 N–H and O–H groups in total. The van der Waals surface area contributed by atoms with E-state index in [-0.39, 0.29) is 42.6 Å². The Balaban J connectivity index is 1.54. The summed E-state index contributed by atoms with van der Waals surface area (Å²) in [5, 5.41) is 30.3. The number of nitrogens with zero attached hydrogens (tertiary/aromatic N) is 6. The van der Waals surface area contributed by atoms with Crippen LogP contribution >= 0.6 is 0 Å². The van der Waals surface area contributed by atoms with Gasteiger partial charge in [0.05, 0.1) is 37.7 Å². The lowest BCUT2D eigenvalue weighted by Crippen LogP contribution is -2.42. The van der Waals surface area contributed by atoms with Crippen molar-refractivity contribution in [2.24, 2.45) is 5.92 Å². The highest BCUT2D eigenvalue weighted by Gasteiger charge is 2.35. The van der Waals surface area contributed by atoms with Crippen LogP contribution in [0.2, 0.25) is 0 Å². The largest absolute Gasteiger partial charge is 0.394 e. The van der Waals surface area contributed by atoms with Gasteiger partial charge in [-0.05, 0) is 25.0 Å². The van der Waals surface area contributed by atoms with Gasteiger partial charge in [0.25, 0.3) is 5.56 Å². The highest BCUT2D eigenvalue weighted by atomic mass is 19.1. The second-order valence-electron chi connectivity index (χ2n) is 9.57. The summed E-state index contributed by atoms with van der Waals surface area (Å²) in [6.45, 7) is 4.60. The Hall–Kier alpha value is -3.75. The number of carbonyl (C=O) groups is 1. The molecule has 13 nitrogen and oxygen atoms in total. The number of hydrogen-bond donors (Lipinski definition) is 3. The van der Waals surface area contributed by atoms with Crippen molar-refractivity contribution in [2.45, 2.75) is 64.8 Å². The number of aromatic nitrogens is 6. The number of rotatable bonds is 9. The van der Waals surface area contributed by atoms with E-state index >= 15 is 0 Å². The zero-order chi connectivity index (χ0) is 27.6. The average molecular weight is 532 g/mol. The zero-order valence-electron chi connectivity index (χ0n) is 21.2. The summed E-state index contributed by atoms with van der Waals surface area (Å²) in [7, 11) is 0. The first-order chi connectivity index (χ1) is 18.1. The van der Waals surface area contributed by atoms with Gasteiger partial charge in [0.2, 0.25) is 5.91 Å². The molecule has 3 aromatic heterocycles. The van der Waals surface area contributed by atoms with Gasteiger partial charge in [-0.25, -0.2) is 13.9 Å². The third kappa shape index (κ3) is 5.71. The lowest BCUT2D eigenvalue weighted by Gasteiger charge is -2.20. The highest BCUT2D eigenvalue weighted by molar-refractivity contribution is 5.80. The lowest BCUT2D eigenvalue weighted by atomic mass is 10.0. The highest BCUT2D eigenvalue weighted by Crippen LogP contribution is 2.27. The van der Waals surface area contributed by atoms with Gasteiger partial charge >= 0.3 is 5.69 Å². The number of aliphatic hydroxyl groups is 2. The van der Waals surface area contributed by atoms with E-state index in [4.69, 9.17) is 4.74 Å². The van der Waals surface area contributed by atoms with Crippen LogP contribution in [0.15, 0.2) is 40.3 Å². The second-order valence-corrected chi connectivity index (χ2v) is 9.57. The van der Waals surface area contributed by atoms with Crippen molar-refractivity contribution >= 4 is 5.91 Å². The molecule has 1 unspecified atom stereocenters. The molecule has 1 amide bonds. The van der Waals surface area contributed by atoms with Crippen LogP contribution in [0.3, 0.4) is 0 Å². The van der Waals surface area contributed by atoms with E-state index in [1.807, 2.05) is 13.8 Å². The van der Waals surface area contributed by atoms with Crippen molar-refractivity contribution in [1.82, 2.24) is 34.4 Å². The average Bonchev–Trinajstić information content (AvgIpc) is 3.48. The predicted molar refractivity (Wildman–Crippen MR) is 130 cm³/mol. The molecule has 0 spiro atoms. The molecule has 4 rings (SSSR count). The summed E-state index contributed by atoms with van der Waals surface area (Å²) in [5.41, 5.74) is -0.301. The first-order valence-electron chi connectivity index (χ1n) is 12.1. The standard InChI is InChI=1S/C24H30FN7O6/c1-13(2)21(22(35)27-8-16-6-15(25)4-5-26-16)32-11-17(28-29-32)10-31-23(36)14(3)9-30(24(31)37)20-7-18(34)19(12-33)38-20/h4-6,9,11,13,18-21,33-34H,7-8,10,12H2,1-3H3,(H,27,35)/t18?,19-,20-,21+/m1/s1. The van der Waals surface area contributed by atoms with E-state index < -0.39 is 48.2 Å². The molecular weight excluding hydrogens is 501 g/mol. The van der Waals surface area contributed by atoms with Crippen molar-refractivity contribution in [2.75, 3.05) is 6.61 Å². The summed E-state index contributed by atoms with van der Waals surface area (Å²) in [6, 6.07) is 1.68. The van der Waals surface area contributed by atoms with Gasteiger partial charge in [0, 0.05) is 24.4 Å². The van der Waals surface area contributed by atoms with Crippen LogP contribution in [-0.2, 0) is 22.6 Å². The monoisotopic (exact) mass is 531 g/mol. The SMILES string of the molecule is Cc1cn([C@H]2CC(O)[C@@H](CO)O2)c(=O)n(Cc2cn([C@H](C(=O)NCc3cc(F)ccn3)C(C)C)nn2)c1=O. The van der Waals surface area contributed by atoms with Gasteiger partial charge in [-0.15, -0.1) is 5.10 Å². The van der Waals surface area contributed by atoms with E-state index in [1.54, 1.807) is 6.92 Å². The van der Waals surface area contributed by atoms with Crippen molar-refractivity contribution in [3.05, 3.63) is 74.3 Å². The Morgan fingerprint density at radius 1 is 1.29 bits per heavy atom. The molecule has 0 aromatic carbocycles. The van der Waals surface area contributed by atoms with Crippen LogP contribution in [0.5, 0.6) is 0 Å². The van der Waals surface area contributed by atoms with E-state index in [0.29, 0.717) is 5.69 Å². The number of carbonyl (C=O) groups excluding carboxylic acids is 1. The zero-order valence-corrected chi connectivity index (χ0v) is 21.2. The van der Waals surface area contributed by atoms with Crippen LogP contribution < -0.4 is 16.6 Å². The van der Waals surface area contributed by atoms with Gasteiger partial charge in [-0.3, -0.25) is 23.7 Å². The maximum atomic E-state index is 13.4. The Morgan fingerprint density at radius 2 is 2.05 bits per heavy atom. The fraction of sp³-hybridized carbons (Fsp3) is 0.500. The molecular formula is C24H30FN7O6. The number of aryl methyl sites for hydroxylation is 1. The van der Waals surface area contributed by atoms with E-state index in [9.17, 15) is 29.0 Å². The molecule has 0 bridgehead atoms. The summed E-state index contributed by atoms with van der Waals surface area (Å²) < 4.78 is 22.6. The van der Waals surface area contributed by atoms with Crippen molar-refractivity contribution in [1.29, 1.82) is 0 Å². The van der Waals surface area contributed by atoms with Crippen molar-refractivity contribution in [3.63, 3.8) is 0 Å². The third-order valence-electron chi connectivity index (χ3n) is 6.35. The van der Waals surface area contributed by atoms with Gasteiger partial charge < -0.3 is 20.3 Å². The van der Waals surface area contributed by atoms with E-state index in [1.165, 1.54) is 40.0 Å². The number of nitrogens with one attached hydrogen (secondary N) is 1. The molecule has 4 heterocycles. The maximum absolute atomic E-state index is 13.4. The van der Waals surface area contributed by atoms with Gasteiger partial charge in [0.1, 0.15) is 29.9 Å². The van der Waals surface area contributed by atoms with Crippen LogP contribution in [0.25, 0.3) is 0 Å². The Labute approximate surface area is 216 Å². The number of ether oxygens (including phenoxy) is 1. The van der Waals surface area contributed by atoms with Crippen LogP contribution in [0.1, 0.15) is 49.5 Å². The Morgan fingerprint density at radius 3 is 2.71 bits per heavy atom. The molecule has 3 aromatic rings. The molecule has 0 radical (unpaired) electrons. The molecule has 1 aliphatic rings. The molecule has 38 heavy (non-hydrogen) atoms. The molecule has 1 saturated heterocycles. The summed E-state index contributed by atoms with van der Waals surface area (Å²) in [6.07, 6.45) is 1.61. The summed E-state index contributed by atoms with van der Waals surface area (Å²) in [4.78, 5) is 43.0. The second kappa shape index (κ2) is 11.3. The van der Waals surface area contributed by atoms with Gasteiger partial charge in [-0.1, -0.05) is 19.1 Å². The molecule has 0 saturated carbocycles. The maximum Gasteiger partial charge on any atom is 0.333 e. The third-order valence-corrected chi connectivity index (χ3v) is 6.35. The normalized spacial score (nSPS) is 20.1. The van der Waals surface area contributed by atoms with Crippen LogP contribution in [0.4, 0.5) is 4.39 Å². The Kier molecular flexibility index (Phi) is 8.14. The molecule has 1 aliphatic heterocycles. The molecule has 14 heteroatoms. The number of hydrogen-bond acceptors (Lipinski definition) is 9. The quantitative estimate of drug-likeness (QED) is 0.334. The predicted octanol–water partition coefficient (Wildman–Crippen LogP) is -0.353. The van der Waals surface area contributed by atoms with Crippen molar-refractivity contribution in [3.8, 4) is 0 Å². The number of aliphatic hydroxyl groups excluding tert-OH is 2. The number of amides is 1. The van der Waals surface area contributed by atoms with Crippen LogP contribution in [-0.4, -0.2) is 64.0 Å². The van der Waals surface area contributed by atoms with E-state index in [2.05, 4.69) is 20.6 Å². The molecule has 4 atom stereocenters. The van der Waals surface area contributed by atoms with Gasteiger partial charge in [-0.2, -0.15) is 0 Å². The number of pyridine rings is 1. The summed E-state index contributed by atoms with van der Waals surface area (Å²) in [5.74, 6) is -1.04. The van der Waals surface area contributed by atoms with Gasteiger partial charge in [0.15, 0.2) is 0 Å². The summed E-state index contributed by atoms with van der Waals surface area (Å²) >= 11 is 0. The topological polar surface area (TPSA) is 166 Å². The minimum Gasteiger partial charge on any atom is -0.394 e.